The van der Waals surface area contributed by atoms with Gasteiger partial charge in [-0.3, -0.25) is 4.79 Å². The lowest BCUT2D eigenvalue weighted by Gasteiger charge is -1.96. The van der Waals surface area contributed by atoms with E-state index in [4.69, 9.17) is 16.1 Å². The third-order valence-electron chi connectivity index (χ3n) is 2.55. The largest absolute Gasteiger partial charge is 0.334 e. The number of rotatable bonds is 4. The van der Waals surface area contributed by atoms with E-state index in [0.29, 0.717) is 28.6 Å². The van der Waals surface area contributed by atoms with E-state index in [1.54, 1.807) is 12.1 Å². The van der Waals surface area contributed by atoms with Crippen LogP contribution >= 0.6 is 11.6 Å². The fourth-order valence-corrected chi connectivity index (χ4v) is 1.87. The monoisotopic (exact) mass is 289 g/mol. The van der Waals surface area contributed by atoms with Crippen LogP contribution in [0.4, 0.5) is 0 Å². The molecule has 0 spiro atoms. The van der Waals surface area contributed by atoms with E-state index < -0.39 is 0 Å². The molecule has 3 rings (SSSR count). The Morgan fingerprint density at radius 1 is 1.35 bits per heavy atom. The van der Waals surface area contributed by atoms with Crippen LogP contribution in [-0.2, 0) is 6.54 Å². The van der Waals surface area contributed by atoms with Gasteiger partial charge in [-0.05, 0) is 12.1 Å². The maximum atomic E-state index is 10.5. The Kier molecular flexibility index (Phi) is 3.26. The molecule has 0 fully saturated rings. The Bertz CT molecular complexity index is 752. The Morgan fingerprint density at radius 3 is 2.95 bits per heavy atom. The molecule has 0 atom stereocenters. The van der Waals surface area contributed by atoms with Crippen molar-refractivity contribution in [3.63, 3.8) is 0 Å². The number of halogens is 1. The summed E-state index contributed by atoms with van der Waals surface area (Å²) in [5.74, 6) is 0.753. The first-order valence-corrected chi connectivity index (χ1v) is 6.07. The van der Waals surface area contributed by atoms with Gasteiger partial charge in [-0.15, -0.1) is 5.10 Å². The Balaban J connectivity index is 1.83. The smallest absolute Gasteiger partial charge is 0.259 e. The number of hydrogen-bond acceptors (Lipinski definition) is 6. The lowest BCUT2D eigenvalue weighted by molar-refractivity contribution is 0.111. The van der Waals surface area contributed by atoms with Gasteiger partial charge in [0, 0.05) is 0 Å². The zero-order chi connectivity index (χ0) is 13.9. The Morgan fingerprint density at radius 2 is 2.20 bits per heavy atom. The summed E-state index contributed by atoms with van der Waals surface area (Å²) in [6.07, 6.45) is 2.12. The molecule has 0 amide bonds. The number of nitrogens with zero attached hydrogens (tertiary/aromatic N) is 5. The highest BCUT2D eigenvalue weighted by molar-refractivity contribution is 6.33. The normalized spacial score (nSPS) is 10.7. The standard InChI is InChI=1S/C12H8ClN5O2/c13-10-4-2-1-3-9(10)12-14-11(16-20-12)6-18-5-8(7-19)15-17-18/h1-5,7H,6H2. The molecular weight excluding hydrogens is 282 g/mol. The lowest BCUT2D eigenvalue weighted by Crippen LogP contribution is -2.02. The third kappa shape index (κ3) is 2.43. The van der Waals surface area contributed by atoms with Crippen LogP contribution in [0.5, 0.6) is 0 Å². The molecule has 0 bridgehead atoms. The first kappa shape index (κ1) is 12.5. The van der Waals surface area contributed by atoms with Crippen molar-refractivity contribution in [1.82, 2.24) is 25.1 Å². The van der Waals surface area contributed by atoms with Gasteiger partial charge < -0.3 is 4.52 Å². The van der Waals surface area contributed by atoms with Crippen LogP contribution in [0, 0.1) is 0 Å². The van der Waals surface area contributed by atoms with Crippen LogP contribution in [-0.4, -0.2) is 31.4 Å². The van der Waals surface area contributed by atoms with Crippen molar-refractivity contribution in [2.45, 2.75) is 6.54 Å². The number of benzene rings is 1. The molecule has 0 saturated heterocycles. The van der Waals surface area contributed by atoms with Gasteiger partial charge in [0.25, 0.3) is 5.89 Å². The molecule has 2 heterocycles. The Labute approximate surface area is 118 Å². The van der Waals surface area contributed by atoms with Crippen molar-refractivity contribution in [3.05, 3.63) is 47.0 Å². The van der Waals surface area contributed by atoms with Gasteiger partial charge in [0.2, 0.25) is 0 Å². The highest BCUT2D eigenvalue weighted by atomic mass is 35.5. The molecule has 2 aromatic heterocycles. The zero-order valence-electron chi connectivity index (χ0n) is 10.1. The fourth-order valence-electron chi connectivity index (χ4n) is 1.65. The predicted octanol–water partition coefficient (Wildman–Crippen LogP) is 1.84. The molecule has 0 aliphatic carbocycles. The van der Waals surface area contributed by atoms with Gasteiger partial charge >= 0.3 is 0 Å². The maximum absolute atomic E-state index is 10.5. The van der Waals surface area contributed by atoms with Crippen LogP contribution in [0.3, 0.4) is 0 Å². The maximum Gasteiger partial charge on any atom is 0.259 e. The average Bonchev–Trinajstić information content (AvgIpc) is 3.09. The van der Waals surface area contributed by atoms with E-state index in [9.17, 15) is 4.79 Å². The van der Waals surface area contributed by atoms with Crippen molar-refractivity contribution in [1.29, 1.82) is 0 Å². The van der Waals surface area contributed by atoms with Crippen molar-refractivity contribution in [2.24, 2.45) is 0 Å². The van der Waals surface area contributed by atoms with Crippen LogP contribution < -0.4 is 0 Å². The minimum atomic E-state index is 0.250. The number of carbonyl (C=O) groups excluding carboxylic acids is 1. The van der Waals surface area contributed by atoms with Gasteiger partial charge in [-0.25, -0.2) is 4.68 Å². The number of hydrogen-bond donors (Lipinski definition) is 0. The van der Waals surface area contributed by atoms with E-state index >= 15 is 0 Å². The van der Waals surface area contributed by atoms with Crippen LogP contribution in [0.1, 0.15) is 16.3 Å². The van der Waals surface area contributed by atoms with Gasteiger partial charge in [0.05, 0.1) is 16.8 Å². The summed E-state index contributed by atoms with van der Waals surface area (Å²) >= 11 is 6.06. The third-order valence-corrected chi connectivity index (χ3v) is 2.88. The topological polar surface area (TPSA) is 86.7 Å². The summed E-state index contributed by atoms with van der Waals surface area (Å²) < 4.78 is 6.61. The van der Waals surface area contributed by atoms with Crippen LogP contribution in [0.2, 0.25) is 5.02 Å². The van der Waals surface area contributed by atoms with E-state index in [2.05, 4.69) is 20.5 Å². The average molecular weight is 290 g/mol. The summed E-state index contributed by atoms with van der Waals surface area (Å²) in [6, 6.07) is 7.19. The summed E-state index contributed by atoms with van der Waals surface area (Å²) in [4.78, 5) is 14.8. The summed E-state index contributed by atoms with van der Waals surface area (Å²) in [5, 5.41) is 11.8. The minimum absolute atomic E-state index is 0.250. The second-order valence-corrected chi connectivity index (χ2v) is 4.36. The molecule has 0 N–H and O–H groups in total. The number of aldehydes is 1. The van der Waals surface area contributed by atoms with Gasteiger partial charge in [-0.2, -0.15) is 4.98 Å². The van der Waals surface area contributed by atoms with E-state index in [1.165, 1.54) is 10.9 Å². The highest BCUT2D eigenvalue weighted by Gasteiger charge is 2.12. The van der Waals surface area contributed by atoms with Crippen molar-refractivity contribution >= 4 is 17.9 Å². The molecule has 0 aliphatic rings. The second kappa shape index (κ2) is 5.22. The number of aromatic nitrogens is 5. The first-order chi connectivity index (χ1) is 9.76. The molecule has 1 aromatic carbocycles. The summed E-state index contributed by atoms with van der Waals surface area (Å²) in [7, 11) is 0. The molecular formula is C12H8ClN5O2. The minimum Gasteiger partial charge on any atom is -0.334 e. The van der Waals surface area contributed by atoms with Crippen LogP contribution in [0.15, 0.2) is 35.0 Å². The van der Waals surface area contributed by atoms with Crippen LogP contribution in [0.25, 0.3) is 11.5 Å². The molecule has 0 aliphatic heterocycles. The quantitative estimate of drug-likeness (QED) is 0.681. The molecule has 100 valence electrons. The van der Waals surface area contributed by atoms with Crippen molar-refractivity contribution in [3.8, 4) is 11.5 Å². The van der Waals surface area contributed by atoms with Crippen molar-refractivity contribution < 1.29 is 9.32 Å². The molecule has 3 aromatic rings. The molecule has 0 saturated carbocycles. The van der Waals surface area contributed by atoms with E-state index in [-0.39, 0.29) is 12.2 Å². The highest BCUT2D eigenvalue weighted by Crippen LogP contribution is 2.25. The van der Waals surface area contributed by atoms with Gasteiger partial charge in [0.15, 0.2) is 12.1 Å². The first-order valence-electron chi connectivity index (χ1n) is 5.69. The van der Waals surface area contributed by atoms with E-state index in [0.717, 1.165) is 0 Å². The predicted molar refractivity (Wildman–Crippen MR) is 69.3 cm³/mol. The molecule has 7 nitrogen and oxygen atoms in total. The van der Waals surface area contributed by atoms with Gasteiger partial charge in [0.1, 0.15) is 12.2 Å². The Hall–Kier alpha value is -2.54. The summed E-state index contributed by atoms with van der Waals surface area (Å²) in [5.41, 5.74) is 0.917. The molecule has 0 unspecified atom stereocenters. The van der Waals surface area contributed by atoms with E-state index in [1.807, 2.05) is 12.1 Å². The fraction of sp³-hybridized carbons (Fsp3) is 0.0833. The van der Waals surface area contributed by atoms with Gasteiger partial charge in [-0.1, -0.05) is 34.1 Å². The molecule has 20 heavy (non-hydrogen) atoms. The second-order valence-electron chi connectivity index (χ2n) is 3.95. The molecule has 0 radical (unpaired) electrons. The molecule has 8 heteroatoms. The number of carbonyl (C=O) groups is 1. The SMILES string of the molecule is O=Cc1cn(Cc2noc(-c3ccccc3Cl)n2)nn1. The lowest BCUT2D eigenvalue weighted by atomic mass is 10.2. The van der Waals surface area contributed by atoms with Crippen molar-refractivity contribution in [2.75, 3.05) is 0 Å². The zero-order valence-corrected chi connectivity index (χ0v) is 10.9. The summed E-state index contributed by atoms with van der Waals surface area (Å²) in [6.45, 7) is 0.259.